The summed E-state index contributed by atoms with van der Waals surface area (Å²) in [7, 11) is 0. The molecule has 1 saturated heterocycles. The van der Waals surface area contributed by atoms with Crippen LogP contribution in [0.3, 0.4) is 0 Å². The second-order valence-electron chi connectivity index (χ2n) is 4.19. The average molecular weight is 298 g/mol. The highest BCUT2D eigenvalue weighted by molar-refractivity contribution is 9.10. The highest BCUT2D eigenvalue weighted by Crippen LogP contribution is 2.45. The number of carbonyl (C=O) groups is 1. The summed E-state index contributed by atoms with van der Waals surface area (Å²) in [5.41, 5.74) is 1.60. The number of rotatable bonds is 2. The fraction of sp³-hybridized carbons (Fsp3) is 0.417. The zero-order valence-corrected chi connectivity index (χ0v) is 10.7. The molecule has 1 aromatic rings. The Morgan fingerprint density at radius 3 is 2.94 bits per heavy atom. The number of benzene rings is 1. The Bertz CT molecular complexity index is 469. The Hall–Kier alpha value is -1.07. The first-order valence-electron chi connectivity index (χ1n) is 5.62. The average Bonchev–Trinajstić information content (AvgIpc) is 2.99. The van der Waals surface area contributed by atoms with E-state index in [2.05, 4.69) is 21.2 Å². The van der Waals surface area contributed by atoms with E-state index < -0.39 is 0 Å². The monoisotopic (exact) mass is 297 g/mol. The third-order valence-corrected chi connectivity index (χ3v) is 3.87. The largest absolute Gasteiger partial charge is 0.453 e. The van der Waals surface area contributed by atoms with Crippen molar-refractivity contribution in [3.63, 3.8) is 0 Å². The highest BCUT2D eigenvalue weighted by atomic mass is 79.9. The van der Waals surface area contributed by atoms with E-state index in [9.17, 15) is 4.79 Å². The van der Waals surface area contributed by atoms with Crippen molar-refractivity contribution in [2.75, 3.05) is 13.3 Å². The van der Waals surface area contributed by atoms with E-state index in [-0.39, 0.29) is 6.79 Å². The minimum absolute atomic E-state index is 0.187. The summed E-state index contributed by atoms with van der Waals surface area (Å²) in [4.78, 5) is 11.0. The van der Waals surface area contributed by atoms with Crippen molar-refractivity contribution in [2.24, 2.45) is 0 Å². The third-order valence-electron chi connectivity index (χ3n) is 3.21. The van der Waals surface area contributed by atoms with Gasteiger partial charge >= 0.3 is 0 Å². The van der Waals surface area contributed by atoms with Crippen LogP contribution in [0.2, 0.25) is 0 Å². The SMILES string of the molecule is O=Cc1c(Br)cc(C2CCCN2)c2c1OCO2. The van der Waals surface area contributed by atoms with Gasteiger partial charge in [0.25, 0.3) is 0 Å². The molecule has 17 heavy (non-hydrogen) atoms. The molecule has 1 unspecified atom stereocenters. The van der Waals surface area contributed by atoms with Gasteiger partial charge in [-0.15, -0.1) is 0 Å². The Morgan fingerprint density at radius 1 is 1.41 bits per heavy atom. The second-order valence-corrected chi connectivity index (χ2v) is 5.05. The Kier molecular flexibility index (Phi) is 2.80. The molecule has 1 N–H and O–H groups in total. The van der Waals surface area contributed by atoms with Crippen LogP contribution in [0.5, 0.6) is 11.5 Å². The van der Waals surface area contributed by atoms with Crippen LogP contribution in [0, 0.1) is 0 Å². The molecule has 0 bridgehead atoms. The van der Waals surface area contributed by atoms with Crippen molar-refractivity contribution in [1.82, 2.24) is 5.32 Å². The quantitative estimate of drug-likeness (QED) is 0.852. The summed E-state index contributed by atoms with van der Waals surface area (Å²) < 4.78 is 11.7. The molecule has 1 fully saturated rings. The van der Waals surface area contributed by atoms with Crippen LogP contribution in [0.1, 0.15) is 34.8 Å². The topological polar surface area (TPSA) is 47.6 Å². The maximum absolute atomic E-state index is 11.0. The normalized spacial score (nSPS) is 21.8. The molecule has 0 aromatic heterocycles. The van der Waals surface area contributed by atoms with Gasteiger partial charge in [0.05, 0.1) is 5.56 Å². The van der Waals surface area contributed by atoms with Crippen LogP contribution >= 0.6 is 15.9 Å². The summed E-state index contributed by atoms with van der Waals surface area (Å²) in [5, 5.41) is 3.42. The number of fused-ring (bicyclic) bond motifs is 1. The molecule has 0 aliphatic carbocycles. The summed E-state index contributed by atoms with van der Waals surface area (Å²) in [6.07, 6.45) is 3.04. The van der Waals surface area contributed by atoms with Gasteiger partial charge in [0.1, 0.15) is 0 Å². The number of halogens is 1. The molecule has 1 atom stereocenters. The molecule has 2 aliphatic heterocycles. The van der Waals surface area contributed by atoms with E-state index in [1.807, 2.05) is 6.07 Å². The van der Waals surface area contributed by atoms with Gasteiger partial charge in [0.2, 0.25) is 6.79 Å². The molecule has 0 spiro atoms. The molecule has 1 aromatic carbocycles. The molecule has 2 aliphatic rings. The van der Waals surface area contributed by atoms with Crippen molar-refractivity contribution < 1.29 is 14.3 Å². The van der Waals surface area contributed by atoms with E-state index in [1.54, 1.807) is 0 Å². The number of nitrogens with one attached hydrogen (secondary N) is 1. The van der Waals surface area contributed by atoms with Crippen LogP contribution in [-0.4, -0.2) is 19.6 Å². The summed E-state index contributed by atoms with van der Waals surface area (Å²) in [6, 6.07) is 2.25. The fourth-order valence-corrected chi connectivity index (χ4v) is 2.92. The van der Waals surface area contributed by atoms with E-state index >= 15 is 0 Å². The number of ether oxygens (including phenoxy) is 2. The molecular weight excluding hydrogens is 286 g/mol. The minimum atomic E-state index is 0.187. The molecular formula is C12H12BrNO3. The zero-order valence-electron chi connectivity index (χ0n) is 9.16. The predicted molar refractivity (Wildman–Crippen MR) is 65.6 cm³/mol. The number of hydrogen-bond donors (Lipinski definition) is 1. The van der Waals surface area contributed by atoms with Crippen molar-refractivity contribution in [3.05, 3.63) is 21.7 Å². The number of hydrogen-bond acceptors (Lipinski definition) is 4. The molecule has 2 heterocycles. The van der Waals surface area contributed by atoms with Crippen LogP contribution in [-0.2, 0) is 0 Å². The van der Waals surface area contributed by atoms with Gasteiger partial charge in [-0.2, -0.15) is 0 Å². The standard InChI is InChI=1S/C12H12BrNO3/c13-9-4-7(10-2-1-3-14-10)11-12(8(9)5-15)17-6-16-11/h4-5,10,14H,1-3,6H2. The van der Waals surface area contributed by atoms with Gasteiger partial charge in [-0.05, 0) is 41.4 Å². The predicted octanol–water partition coefficient (Wildman–Crippen LogP) is 2.41. The lowest BCUT2D eigenvalue weighted by molar-refractivity contribution is 0.111. The van der Waals surface area contributed by atoms with Crippen molar-refractivity contribution in [2.45, 2.75) is 18.9 Å². The van der Waals surface area contributed by atoms with Gasteiger partial charge in [-0.25, -0.2) is 0 Å². The van der Waals surface area contributed by atoms with Crippen molar-refractivity contribution in [3.8, 4) is 11.5 Å². The van der Waals surface area contributed by atoms with Gasteiger partial charge < -0.3 is 14.8 Å². The Labute approximate surface area is 107 Å². The third kappa shape index (κ3) is 1.73. The highest BCUT2D eigenvalue weighted by Gasteiger charge is 2.29. The van der Waals surface area contributed by atoms with Gasteiger partial charge in [-0.3, -0.25) is 4.79 Å². The first kappa shape index (κ1) is 11.0. The van der Waals surface area contributed by atoms with E-state index in [4.69, 9.17) is 9.47 Å². The molecule has 0 saturated carbocycles. The maximum Gasteiger partial charge on any atom is 0.231 e. The summed E-state index contributed by atoms with van der Waals surface area (Å²) in [5.74, 6) is 1.28. The lowest BCUT2D eigenvalue weighted by Gasteiger charge is -2.15. The van der Waals surface area contributed by atoms with E-state index in [0.717, 1.165) is 41.5 Å². The minimum Gasteiger partial charge on any atom is -0.453 e. The smallest absolute Gasteiger partial charge is 0.231 e. The first-order valence-corrected chi connectivity index (χ1v) is 6.41. The zero-order chi connectivity index (χ0) is 11.8. The van der Waals surface area contributed by atoms with E-state index in [1.165, 1.54) is 0 Å². The molecule has 90 valence electrons. The van der Waals surface area contributed by atoms with Gasteiger partial charge in [0, 0.05) is 16.1 Å². The van der Waals surface area contributed by atoms with E-state index in [0.29, 0.717) is 17.4 Å². The summed E-state index contributed by atoms with van der Waals surface area (Å²) in [6.45, 7) is 1.21. The second kappa shape index (κ2) is 4.31. The van der Waals surface area contributed by atoms with Crippen LogP contribution in [0.4, 0.5) is 0 Å². The van der Waals surface area contributed by atoms with Crippen molar-refractivity contribution in [1.29, 1.82) is 0 Å². The fourth-order valence-electron chi connectivity index (χ4n) is 2.40. The van der Waals surface area contributed by atoms with Crippen LogP contribution < -0.4 is 14.8 Å². The van der Waals surface area contributed by atoms with Crippen LogP contribution in [0.15, 0.2) is 10.5 Å². The molecule has 0 radical (unpaired) electrons. The van der Waals surface area contributed by atoms with Gasteiger partial charge in [0.15, 0.2) is 17.8 Å². The Balaban J connectivity index is 2.13. The van der Waals surface area contributed by atoms with Crippen LogP contribution in [0.25, 0.3) is 0 Å². The number of aldehydes is 1. The molecule has 3 rings (SSSR count). The first-order chi connectivity index (χ1) is 8.31. The molecule has 4 nitrogen and oxygen atoms in total. The summed E-state index contributed by atoms with van der Waals surface area (Å²) >= 11 is 3.41. The maximum atomic E-state index is 11.0. The van der Waals surface area contributed by atoms with Crippen molar-refractivity contribution >= 4 is 22.2 Å². The molecule has 5 heteroatoms. The lowest BCUT2D eigenvalue weighted by Crippen LogP contribution is -2.13. The number of carbonyl (C=O) groups excluding carboxylic acids is 1. The molecule has 0 amide bonds. The lowest BCUT2D eigenvalue weighted by atomic mass is 10.0. The Morgan fingerprint density at radius 2 is 2.24 bits per heavy atom. The van der Waals surface area contributed by atoms with Gasteiger partial charge in [-0.1, -0.05) is 0 Å².